The Labute approximate surface area is 130 Å². The standard InChI is InChI=1S/C18H33NO2/c1-5-6-18(7-9-19-10-8-18)16(20)21-15-11-14(2)12-17(3,4)13-15/h14-15,19H,5-13H2,1-4H3. The molecule has 0 aromatic carbocycles. The third-order valence-corrected chi connectivity index (χ3v) is 5.34. The maximum absolute atomic E-state index is 12.8. The average Bonchev–Trinajstić information content (AvgIpc) is 2.37. The van der Waals surface area contributed by atoms with Crippen molar-refractivity contribution < 1.29 is 9.53 Å². The molecule has 1 saturated carbocycles. The molecule has 1 saturated heterocycles. The van der Waals surface area contributed by atoms with Crippen molar-refractivity contribution in [2.75, 3.05) is 13.1 Å². The molecular formula is C18H33NO2. The van der Waals surface area contributed by atoms with Gasteiger partial charge in [-0.3, -0.25) is 4.79 Å². The molecule has 0 spiro atoms. The van der Waals surface area contributed by atoms with Gasteiger partial charge in [-0.2, -0.15) is 0 Å². The van der Waals surface area contributed by atoms with Crippen molar-refractivity contribution in [2.45, 2.75) is 78.7 Å². The van der Waals surface area contributed by atoms with Gasteiger partial charge < -0.3 is 10.1 Å². The number of carbonyl (C=O) groups is 1. The van der Waals surface area contributed by atoms with Gasteiger partial charge in [0.15, 0.2) is 0 Å². The van der Waals surface area contributed by atoms with E-state index < -0.39 is 0 Å². The van der Waals surface area contributed by atoms with Gasteiger partial charge in [0.2, 0.25) is 0 Å². The molecule has 2 fully saturated rings. The summed E-state index contributed by atoms with van der Waals surface area (Å²) in [5.74, 6) is 0.738. The van der Waals surface area contributed by atoms with E-state index in [-0.39, 0.29) is 17.5 Å². The van der Waals surface area contributed by atoms with Crippen LogP contribution in [-0.4, -0.2) is 25.2 Å². The Hall–Kier alpha value is -0.570. The Morgan fingerprint density at radius 3 is 2.48 bits per heavy atom. The molecule has 0 amide bonds. The number of nitrogens with one attached hydrogen (secondary N) is 1. The molecule has 0 bridgehead atoms. The Morgan fingerprint density at radius 2 is 1.90 bits per heavy atom. The van der Waals surface area contributed by atoms with Crippen LogP contribution < -0.4 is 5.32 Å². The smallest absolute Gasteiger partial charge is 0.312 e. The number of carbonyl (C=O) groups excluding carboxylic acids is 1. The summed E-state index contributed by atoms with van der Waals surface area (Å²) >= 11 is 0. The van der Waals surface area contributed by atoms with Crippen LogP contribution in [0.5, 0.6) is 0 Å². The lowest BCUT2D eigenvalue weighted by atomic mass is 9.71. The zero-order chi connectivity index (χ0) is 15.5. The molecule has 1 aliphatic heterocycles. The largest absolute Gasteiger partial charge is 0.462 e. The molecule has 2 aliphatic rings. The van der Waals surface area contributed by atoms with Crippen LogP contribution >= 0.6 is 0 Å². The second-order valence-corrected chi connectivity index (χ2v) is 8.22. The number of hydrogen-bond acceptors (Lipinski definition) is 3. The highest BCUT2D eigenvalue weighted by atomic mass is 16.5. The van der Waals surface area contributed by atoms with Gasteiger partial charge in [0.1, 0.15) is 6.10 Å². The maximum Gasteiger partial charge on any atom is 0.312 e. The molecule has 1 aliphatic carbocycles. The highest BCUT2D eigenvalue weighted by molar-refractivity contribution is 5.77. The number of ether oxygens (including phenoxy) is 1. The van der Waals surface area contributed by atoms with Gasteiger partial charge in [-0.05, 0) is 62.9 Å². The molecule has 2 rings (SSSR count). The lowest BCUT2D eigenvalue weighted by molar-refractivity contribution is -0.168. The van der Waals surface area contributed by atoms with Crippen molar-refractivity contribution >= 4 is 5.97 Å². The SMILES string of the molecule is CCCC1(C(=O)OC2CC(C)CC(C)(C)C2)CCNCC1. The van der Waals surface area contributed by atoms with Crippen LogP contribution in [0, 0.1) is 16.7 Å². The molecule has 0 aromatic rings. The number of esters is 1. The summed E-state index contributed by atoms with van der Waals surface area (Å²) in [6.45, 7) is 11.0. The zero-order valence-electron chi connectivity index (χ0n) is 14.3. The molecule has 0 aromatic heterocycles. The molecule has 2 atom stereocenters. The average molecular weight is 295 g/mol. The normalized spacial score (nSPS) is 31.6. The molecule has 3 nitrogen and oxygen atoms in total. The third-order valence-electron chi connectivity index (χ3n) is 5.34. The number of piperidine rings is 1. The molecule has 21 heavy (non-hydrogen) atoms. The van der Waals surface area contributed by atoms with Crippen LogP contribution in [0.4, 0.5) is 0 Å². The zero-order valence-corrected chi connectivity index (χ0v) is 14.3. The molecule has 2 unspecified atom stereocenters. The van der Waals surface area contributed by atoms with E-state index in [4.69, 9.17) is 4.74 Å². The maximum atomic E-state index is 12.8. The van der Waals surface area contributed by atoms with E-state index >= 15 is 0 Å². The van der Waals surface area contributed by atoms with E-state index in [1.807, 2.05) is 0 Å². The second kappa shape index (κ2) is 6.68. The van der Waals surface area contributed by atoms with Crippen LogP contribution in [0.25, 0.3) is 0 Å². The van der Waals surface area contributed by atoms with Gasteiger partial charge in [-0.15, -0.1) is 0 Å². The van der Waals surface area contributed by atoms with Crippen molar-refractivity contribution in [3.63, 3.8) is 0 Å². The summed E-state index contributed by atoms with van der Waals surface area (Å²) in [5.41, 5.74) is 0.0828. The first-order valence-corrected chi connectivity index (χ1v) is 8.79. The lowest BCUT2D eigenvalue weighted by Gasteiger charge is -2.41. The number of hydrogen-bond donors (Lipinski definition) is 1. The van der Waals surface area contributed by atoms with E-state index in [1.165, 1.54) is 6.42 Å². The van der Waals surface area contributed by atoms with Gasteiger partial charge in [-0.25, -0.2) is 0 Å². The van der Waals surface area contributed by atoms with Gasteiger partial charge in [-0.1, -0.05) is 34.1 Å². The lowest BCUT2D eigenvalue weighted by Crippen LogP contribution is -2.45. The van der Waals surface area contributed by atoms with Gasteiger partial charge in [0.05, 0.1) is 5.41 Å². The van der Waals surface area contributed by atoms with E-state index in [0.717, 1.165) is 51.6 Å². The first-order chi connectivity index (χ1) is 9.87. The van der Waals surface area contributed by atoms with Crippen LogP contribution in [-0.2, 0) is 9.53 Å². The Bertz CT molecular complexity index is 353. The highest BCUT2D eigenvalue weighted by Gasteiger charge is 2.42. The monoisotopic (exact) mass is 295 g/mol. The van der Waals surface area contributed by atoms with Crippen LogP contribution in [0.15, 0.2) is 0 Å². The Kier molecular flexibility index (Phi) is 5.34. The van der Waals surface area contributed by atoms with Gasteiger partial charge in [0, 0.05) is 0 Å². The van der Waals surface area contributed by atoms with Crippen LogP contribution in [0.3, 0.4) is 0 Å². The summed E-state index contributed by atoms with van der Waals surface area (Å²) in [6.07, 6.45) is 7.32. The topological polar surface area (TPSA) is 38.3 Å². The second-order valence-electron chi connectivity index (χ2n) is 8.22. The fourth-order valence-corrected chi connectivity index (χ4v) is 4.56. The quantitative estimate of drug-likeness (QED) is 0.799. The van der Waals surface area contributed by atoms with Crippen molar-refractivity contribution in [1.82, 2.24) is 5.32 Å². The van der Waals surface area contributed by atoms with Crippen LogP contribution in [0.1, 0.15) is 72.6 Å². The highest BCUT2D eigenvalue weighted by Crippen LogP contribution is 2.42. The Balaban J connectivity index is 2.01. The van der Waals surface area contributed by atoms with E-state index in [1.54, 1.807) is 0 Å². The molecular weight excluding hydrogens is 262 g/mol. The first-order valence-electron chi connectivity index (χ1n) is 8.79. The minimum Gasteiger partial charge on any atom is -0.462 e. The first kappa shape index (κ1) is 16.8. The van der Waals surface area contributed by atoms with Crippen molar-refractivity contribution in [2.24, 2.45) is 16.7 Å². The summed E-state index contributed by atoms with van der Waals surface area (Å²) in [4.78, 5) is 12.8. The summed E-state index contributed by atoms with van der Waals surface area (Å²) in [5, 5.41) is 3.37. The van der Waals surface area contributed by atoms with E-state index in [2.05, 4.69) is 33.0 Å². The van der Waals surface area contributed by atoms with Gasteiger partial charge >= 0.3 is 5.97 Å². The summed E-state index contributed by atoms with van der Waals surface area (Å²) in [6, 6.07) is 0. The van der Waals surface area contributed by atoms with Crippen molar-refractivity contribution in [1.29, 1.82) is 0 Å². The molecule has 3 heteroatoms. The predicted molar refractivity (Wildman–Crippen MR) is 86.1 cm³/mol. The molecule has 122 valence electrons. The summed E-state index contributed by atoms with van der Waals surface area (Å²) in [7, 11) is 0. The fourth-order valence-electron chi connectivity index (χ4n) is 4.56. The predicted octanol–water partition coefficient (Wildman–Crippen LogP) is 3.91. The molecule has 1 heterocycles. The van der Waals surface area contributed by atoms with E-state index in [9.17, 15) is 4.79 Å². The van der Waals surface area contributed by atoms with Gasteiger partial charge in [0.25, 0.3) is 0 Å². The number of rotatable bonds is 4. The fraction of sp³-hybridized carbons (Fsp3) is 0.944. The van der Waals surface area contributed by atoms with Crippen molar-refractivity contribution in [3.05, 3.63) is 0 Å². The minimum absolute atomic E-state index is 0.0840. The third kappa shape index (κ3) is 4.21. The minimum atomic E-state index is -0.217. The van der Waals surface area contributed by atoms with Crippen molar-refractivity contribution in [3.8, 4) is 0 Å². The van der Waals surface area contributed by atoms with Crippen LogP contribution in [0.2, 0.25) is 0 Å². The Morgan fingerprint density at radius 1 is 1.24 bits per heavy atom. The molecule has 1 N–H and O–H groups in total. The van der Waals surface area contributed by atoms with E-state index in [0.29, 0.717) is 11.3 Å². The summed E-state index contributed by atoms with van der Waals surface area (Å²) < 4.78 is 6.03. The molecule has 0 radical (unpaired) electrons.